The van der Waals surface area contributed by atoms with Crippen molar-refractivity contribution in [1.29, 1.82) is 0 Å². The number of amides is 1. The molecule has 0 unspecified atom stereocenters. The second kappa shape index (κ2) is 9.66. The molecule has 1 aromatic heterocycles. The largest absolute Gasteiger partial charge is 0.493 e. The first kappa shape index (κ1) is 20.9. The van der Waals surface area contributed by atoms with Crippen LogP contribution in [0.15, 0.2) is 60.9 Å². The summed E-state index contributed by atoms with van der Waals surface area (Å²) < 4.78 is 12.5. The van der Waals surface area contributed by atoms with Crippen molar-refractivity contribution in [2.24, 2.45) is 0 Å². The average molecular weight is 421 g/mol. The highest BCUT2D eigenvalue weighted by Gasteiger charge is 2.23. The lowest BCUT2D eigenvalue weighted by Crippen LogP contribution is -2.48. The standard InChI is InChI=1S/C24H28N4O3/c1-30-22-9-8-20(14-23(22)31-2)16-26-10-12-27(13-11-26)24(29)21-15-25-28(18-21)17-19-6-4-3-5-7-19/h3-9,14-15,18H,10-13,16-17H2,1-2H3. The van der Waals surface area contributed by atoms with Gasteiger partial charge in [0.15, 0.2) is 11.5 Å². The molecule has 162 valence electrons. The quantitative estimate of drug-likeness (QED) is 0.588. The molecule has 2 heterocycles. The van der Waals surface area contributed by atoms with Gasteiger partial charge in [0, 0.05) is 38.9 Å². The Labute approximate surface area is 182 Å². The van der Waals surface area contributed by atoms with Crippen LogP contribution < -0.4 is 9.47 Å². The number of ether oxygens (including phenoxy) is 2. The average Bonchev–Trinajstić information content (AvgIpc) is 3.28. The highest BCUT2D eigenvalue weighted by atomic mass is 16.5. The summed E-state index contributed by atoms with van der Waals surface area (Å²) in [6.45, 7) is 4.55. The summed E-state index contributed by atoms with van der Waals surface area (Å²) >= 11 is 0. The van der Waals surface area contributed by atoms with E-state index < -0.39 is 0 Å². The van der Waals surface area contributed by atoms with Crippen molar-refractivity contribution in [3.8, 4) is 11.5 Å². The van der Waals surface area contributed by atoms with Crippen LogP contribution in [-0.4, -0.2) is 65.9 Å². The Balaban J connectivity index is 1.31. The van der Waals surface area contributed by atoms with Gasteiger partial charge >= 0.3 is 0 Å². The number of piperazine rings is 1. The van der Waals surface area contributed by atoms with E-state index in [1.807, 2.05) is 46.1 Å². The van der Waals surface area contributed by atoms with Crippen LogP contribution in [0.1, 0.15) is 21.5 Å². The molecule has 7 heteroatoms. The number of aromatic nitrogens is 2. The summed E-state index contributed by atoms with van der Waals surface area (Å²) in [5.74, 6) is 1.51. The molecule has 3 aromatic rings. The van der Waals surface area contributed by atoms with Gasteiger partial charge in [0.05, 0.1) is 32.5 Å². The fourth-order valence-electron chi connectivity index (χ4n) is 3.86. The Hall–Kier alpha value is -3.32. The van der Waals surface area contributed by atoms with Crippen LogP contribution in [0.4, 0.5) is 0 Å². The van der Waals surface area contributed by atoms with Crippen LogP contribution in [0.25, 0.3) is 0 Å². The minimum Gasteiger partial charge on any atom is -0.493 e. The van der Waals surface area contributed by atoms with Crippen LogP contribution in [-0.2, 0) is 13.1 Å². The van der Waals surface area contributed by atoms with E-state index in [1.54, 1.807) is 20.4 Å². The van der Waals surface area contributed by atoms with E-state index >= 15 is 0 Å². The summed E-state index contributed by atoms with van der Waals surface area (Å²) in [6.07, 6.45) is 3.51. The zero-order valence-corrected chi connectivity index (χ0v) is 18.0. The SMILES string of the molecule is COc1ccc(CN2CCN(C(=O)c3cnn(Cc4ccccc4)c3)CC2)cc1OC. The fourth-order valence-corrected chi connectivity index (χ4v) is 3.86. The topological polar surface area (TPSA) is 59.8 Å². The number of nitrogens with zero attached hydrogens (tertiary/aromatic N) is 4. The Morgan fingerprint density at radius 2 is 1.65 bits per heavy atom. The Morgan fingerprint density at radius 3 is 2.35 bits per heavy atom. The lowest BCUT2D eigenvalue weighted by atomic mass is 10.1. The number of carbonyl (C=O) groups is 1. The monoisotopic (exact) mass is 420 g/mol. The summed E-state index contributed by atoms with van der Waals surface area (Å²) in [7, 11) is 3.28. The maximum absolute atomic E-state index is 12.9. The van der Waals surface area contributed by atoms with Crippen molar-refractivity contribution >= 4 is 5.91 Å². The highest BCUT2D eigenvalue weighted by Crippen LogP contribution is 2.28. The summed E-state index contributed by atoms with van der Waals surface area (Å²) in [5, 5.41) is 4.37. The molecule has 1 aliphatic rings. The van der Waals surface area contributed by atoms with Gasteiger partial charge in [-0.3, -0.25) is 14.4 Å². The molecule has 1 fully saturated rings. The third kappa shape index (κ3) is 5.06. The number of rotatable bonds is 7. The lowest BCUT2D eigenvalue weighted by Gasteiger charge is -2.34. The second-order valence-electron chi connectivity index (χ2n) is 7.67. The number of hydrogen-bond donors (Lipinski definition) is 0. The van der Waals surface area contributed by atoms with Crippen molar-refractivity contribution in [3.05, 3.63) is 77.6 Å². The Morgan fingerprint density at radius 1 is 0.903 bits per heavy atom. The van der Waals surface area contributed by atoms with Crippen LogP contribution in [0.3, 0.4) is 0 Å². The molecule has 0 saturated carbocycles. The third-order valence-corrected chi connectivity index (χ3v) is 5.58. The normalized spacial score (nSPS) is 14.5. The number of benzene rings is 2. The summed E-state index contributed by atoms with van der Waals surface area (Å²) in [4.78, 5) is 17.2. The van der Waals surface area contributed by atoms with Crippen LogP contribution >= 0.6 is 0 Å². The number of methoxy groups -OCH3 is 2. The van der Waals surface area contributed by atoms with Gasteiger partial charge in [-0.15, -0.1) is 0 Å². The fraction of sp³-hybridized carbons (Fsp3) is 0.333. The summed E-state index contributed by atoms with van der Waals surface area (Å²) in [6, 6.07) is 16.1. The van der Waals surface area contributed by atoms with E-state index in [0.29, 0.717) is 25.2 Å². The van der Waals surface area contributed by atoms with E-state index in [9.17, 15) is 4.79 Å². The first-order valence-corrected chi connectivity index (χ1v) is 10.4. The van der Waals surface area contributed by atoms with Crippen molar-refractivity contribution < 1.29 is 14.3 Å². The van der Waals surface area contributed by atoms with Gasteiger partial charge in [-0.05, 0) is 23.3 Å². The number of hydrogen-bond acceptors (Lipinski definition) is 5. The van der Waals surface area contributed by atoms with E-state index in [-0.39, 0.29) is 5.91 Å². The molecule has 0 N–H and O–H groups in total. The predicted molar refractivity (Wildman–Crippen MR) is 118 cm³/mol. The third-order valence-electron chi connectivity index (χ3n) is 5.58. The molecule has 0 radical (unpaired) electrons. The van der Waals surface area contributed by atoms with Crippen molar-refractivity contribution in [2.75, 3.05) is 40.4 Å². The maximum atomic E-state index is 12.9. The van der Waals surface area contributed by atoms with E-state index in [4.69, 9.17) is 9.47 Å². The van der Waals surface area contributed by atoms with Gasteiger partial charge in [-0.1, -0.05) is 36.4 Å². The molecule has 1 saturated heterocycles. The van der Waals surface area contributed by atoms with Gasteiger partial charge in [0.25, 0.3) is 5.91 Å². The van der Waals surface area contributed by atoms with Gasteiger partial charge in [0.2, 0.25) is 0 Å². The molecule has 0 bridgehead atoms. The van der Waals surface area contributed by atoms with Gasteiger partial charge < -0.3 is 14.4 Å². The number of carbonyl (C=O) groups excluding carboxylic acids is 1. The molecule has 0 spiro atoms. The first-order chi connectivity index (χ1) is 15.2. The second-order valence-corrected chi connectivity index (χ2v) is 7.67. The molecule has 1 amide bonds. The Kier molecular flexibility index (Phi) is 6.52. The van der Waals surface area contributed by atoms with Crippen molar-refractivity contribution in [1.82, 2.24) is 19.6 Å². The molecular weight excluding hydrogens is 392 g/mol. The smallest absolute Gasteiger partial charge is 0.257 e. The minimum atomic E-state index is 0.0464. The van der Waals surface area contributed by atoms with Gasteiger partial charge in [-0.2, -0.15) is 5.10 Å². The summed E-state index contributed by atoms with van der Waals surface area (Å²) in [5.41, 5.74) is 2.97. The first-order valence-electron chi connectivity index (χ1n) is 10.4. The molecule has 4 rings (SSSR count). The van der Waals surface area contributed by atoms with Crippen molar-refractivity contribution in [3.63, 3.8) is 0 Å². The van der Waals surface area contributed by atoms with E-state index in [1.165, 1.54) is 5.56 Å². The van der Waals surface area contributed by atoms with Crippen LogP contribution in [0, 0.1) is 0 Å². The Bertz CT molecular complexity index is 1010. The van der Waals surface area contributed by atoms with E-state index in [0.717, 1.165) is 36.7 Å². The van der Waals surface area contributed by atoms with Crippen LogP contribution in [0.5, 0.6) is 11.5 Å². The highest BCUT2D eigenvalue weighted by molar-refractivity contribution is 5.93. The van der Waals surface area contributed by atoms with E-state index in [2.05, 4.69) is 28.2 Å². The molecule has 7 nitrogen and oxygen atoms in total. The molecule has 2 aromatic carbocycles. The zero-order valence-electron chi connectivity index (χ0n) is 18.0. The molecule has 1 aliphatic heterocycles. The zero-order chi connectivity index (χ0) is 21.6. The van der Waals surface area contributed by atoms with Crippen molar-refractivity contribution in [2.45, 2.75) is 13.1 Å². The predicted octanol–water partition coefficient (Wildman–Crippen LogP) is 2.91. The minimum absolute atomic E-state index is 0.0464. The molecule has 0 aliphatic carbocycles. The van der Waals surface area contributed by atoms with Gasteiger partial charge in [0.1, 0.15) is 0 Å². The van der Waals surface area contributed by atoms with Gasteiger partial charge in [-0.25, -0.2) is 0 Å². The van der Waals surface area contributed by atoms with Crippen LogP contribution in [0.2, 0.25) is 0 Å². The lowest BCUT2D eigenvalue weighted by molar-refractivity contribution is 0.0628. The molecular formula is C24H28N4O3. The molecule has 31 heavy (non-hydrogen) atoms. The molecule has 0 atom stereocenters. The maximum Gasteiger partial charge on any atom is 0.257 e.